The van der Waals surface area contributed by atoms with E-state index >= 15 is 0 Å². The van der Waals surface area contributed by atoms with Gasteiger partial charge in [-0.25, -0.2) is 0 Å². The number of nitrogens with zero attached hydrogens (tertiary/aromatic N) is 1. The molecule has 2 amide bonds. The molecule has 2 aliphatic heterocycles. The number of hydrogen-bond donors (Lipinski definition) is 1. The smallest absolute Gasteiger partial charge is 0.245 e. The van der Waals surface area contributed by atoms with E-state index in [0.717, 1.165) is 25.8 Å². The number of rotatable bonds is 2. The molecule has 0 spiro atoms. The first-order chi connectivity index (χ1) is 8.75. The maximum Gasteiger partial charge on any atom is 0.245 e. The van der Waals surface area contributed by atoms with Crippen LogP contribution in [0.4, 0.5) is 0 Å². The van der Waals surface area contributed by atoms with E-state index in [2.05, 4.69) is 5.32 Å². The Kier molecular flexibility index (Phi) is 3.27. The van der Waals surface area contributed by atoms with E-state index in [0.29, 0.717) is 5.92 Å². The Hall–Kier alpha value is -1.06. The molecule has 2 saturated heterocycles. The summed E-state index contributed by atoms with van der Waals surface area (Å²) >= 11 is 0. The van der Waals surface area contributed by atoms with Crippen LogP contribution in [0.2, 0.25) is 0 Å². The summed E-state index contributed by atoms with van der Waals surface area (Å²) in [7, 11) is 0. The molecule has 0 radical (unpaired) electrons. The molecule has 0 aromatic carbocycles. The van der Waals surface area contributed by atoms with E-state index < -0.39 is 0 Å². The first-order valence-electron chi connectivity index (χ1n) is 7.36. The lowest BCUT2D eigenvalue weighted by molar-refractivity contribution is -0.147. The number of nitrogens with one attached hydrogen (secondary N) is 1. The van der Waals surface area contributed by atoms with Crippen LogP contribution >= 0.6 is 0 Å². The van der Waals surface area contributed by atoms with Gasteiger partial charge in [-0.2, -0.15) is 0 Å². The number of fused-ring (bicyclic) bond motifs is 1. The van der Waals surface area contributed by atoms with Crippen LogP contribution in [0.25, 0.3) is 0 Å². The number of hydrogen-bond acceptors (Lipinski definition) is 2. The van der Waals surface area contributed by atoms with Crippen LogP contribution in [0.3, 0.4) is 0 Å². The quantitative estimate of drug-likeness (QED) is 0.806. The van der Waals surface area contributed by atoms with Gasteiger partial charge in [0.1, 0.15) is 12.1 Å². The summed E-state index contributed by atoms with van der Waals surface area (Å²) in [6, 6.07) is -0.407. The van der Waals surface area contributed by atoms with E-state index in [-0.39, 0.29) is 23.9 Å². The van der Waals surface area contributed by atoms with Crippen molar-refractivity contribution in [3.05, 3.63) is 0 Å². The van der Waals surface area contributed by atoms with Gasteiger partial charge in [0.05, 0.1) is 0 Å². The van der Waals surface area contributed by atoms with Gasteiger partial charge in [0.15, 0.2) is 0 Å². The fourth-order valence-electron chi connectivity index (χ4n) is 3.75. The first-order valence-corrected chi connectivity index (χ1v) is 7.36. The number of carbonyl (C=O) groups is 2. The standard InChI is InChI=1S/C14H22N2O2/c17-13-12-7-4-8-16(12)14(18)11(15-13)9-10-5-2-1-3-6-10/h10-12H,1-9H2,(H,15,17)/t11-,12+/m0/s1. The highest BCUT2D eigenvalue weighted by atomic mass is 16.2. The normalized spacial score (nSPS) is 33.4. The monoisotopic (exact) mass is 250 g/mol. The molecular formula is C14H22N2O2. The lowest BCUT2D eigenvalue weighted by Gasteiger charge is -2.36. The molecular weight excluding hydrogens is 228 g/mol. The van der Waals surface area contributed by atoms with E-state index in [1.807, 2.05) is 4.90 Å². The van der Waals surface area contributed by atoms with Crippen molar-refractivity contribution >= 4 is 11.8 Å². The Morgan fingerprint density at radius 3 is 2.61 bits per heavy atom. The molecule has 18 heavy (non-hydrogen) atoms. The third kappa shape index (κ3) is 2.13. The van der Waals surface area contributed by atoms with Crippen LogP contribution in [-0.2, 0) is 9.59 Å². The summed E-state index contributed by atoms with van der Waals surface area (Å²) in [5, 5.41) is 2.95. The number of amides is 2. The molecule has 1 aliphatic carbocycles. The lowest BCUT2D eigenvalue weighted by atomic mass is 9.84. The predicted octanol–water partition coefficient (Wildman–Crippen LogP) is 1.45. The first kappa shape index (κ1) is 12.0. The zero-order chi connectivity index (χ0) is 12.5. The van der Waals surface area contributed by atoms with E-state index in [9.17, 15) is 9.59 Å². The van der Waals surface area contributed by atoms with Crippen molar-refractivity contribution in [3.8, 4) is 0 Å². The van der Waals surface area contributed by atoms with Gasteiger partial charge in [0.2, 0.25) is 11.8 Å². The molecule has 3 aliphatic rings. The SMILES string of the molecule is O=C1N[C@@H](CC2CCCCC2)C(=O)N2CCC[C@H]12. The Bertz CT molecular complexity index is 350. The molecule has 0 aromatic heterocycles. The molecule has 1 saturated carbocycles. The van der Waals surface area contributed by atoms with Gasteiger partial charge in [-0.15, -0.1) is 0 Å². The van der Waals surface area contributed by atoms with Gasteiger partial charge in [0.25, 0.3) is 0 Å². The second kappa shape index (κ2) is 4.90. The number of piperazine rings is 1. The lowest BCUT2D eigenvalue weighted by Crippen LogP contribution is -2.61. The van der Waals surface area contributed by atoms with E-state index in [4.69, 9.17) is 0 Å². The minimum atomic E-state index is -0.241. The molecule has 4 heteroatoms. The van der Waals surface area contributed by atoms with Crippen molar-refractivity contribution in [1.29, 1.82) is 0 Å². The van der Waals surface area contributed by atoms with Crippen LogP contribution < -0.4 is 5.32 Å². The highest BCUT2D eigenvalue weighted by Crippen LogP contribution is 2.30. The summed E-state index contributed by atoms with van der Waals surface area (Å²) in [5.74, 6) is 0.878. The molecule has 4 nitrogen and oxygen atoms in total. The van der Waals surface area contributed by atoms with Gasteiger partial charge < -0.3 is 10.2 Å². The molecule has 0 unspecified atom stereocenters. The van der Waals surface area contributed by atoms with Crippen molar-refractivity contribution in [2.45, 2.75) is 63.5 Å². The molecule has 100 valence electrons. The highest BCUT2D eigenvalue weighted by Gasteiger charge is 2.43. The van der Waals surface area contributed by atoms with Gasteiger partial charge >= 0.3 is 0 Å². The summed E-state index contributed by atoms with van der Waals surface area (Å²) in [6.07, 6.45) is 9.01. The minimum absolute atomic E-state index is 0.0768. The molecule has 3 rings (SSSR count). The van der Waals surface area contributed by atoms with Crippen molar-refractivity contribution in [1.82, 2.24) is 10.2 Å². The molecule has 1 N–H and O–H groups in total. The Morgan fingerprint density at radius 2 is 1.83 bits per heavy atom. The second-order valence-corrected chi connectivity index (χ2v) is 5.99. The van der Waals surface area contributed by atoms with Crippen molar-refractivity contribution in [3.63, 3.8) is 0 Å². The zero-order valence-electron chi connectivity index (χ0n) is 10.9. The van der Waals surface area contributed by atoms with Gasteiger partial charge in [-0.1, -0.05) is 32.1 Å². The van der Waals surface area contributed by atoms with Gasteiger partial charge in [-0.3, -0.25) is 9.59 Å². The fourth-order valence-corrected chi connectivity index (χ4v) is 3.75. The average molecular weight is 250 g/mol. The Labute approximate surface area is 108 Å². The minimum Gasteiger partial charge on any atom is -0.342 e. The van der Waals surface area contributed by atoms with E-state index in [1.54, 1.807) is 0 Å². The number of carbonyl (C=O) groups excluding carboxylic acids is 2. The van der Waals surface area contributed by atoms with Crippen molar-refractivity contribution in [2.75, 3.05) is 6.54 Å². The van der Waals surface area contributed by atoms with Gasteiger partial charge in [-0.05, 0) is 25.2 Å². The van der Waals surface area contributed by atoms with Crippen molar-refractivity contribution in [2.24, 2.45) is 5.92 Å². The summed E-state index contributed by atoms with van der Waals surface area (Å²) in [6.45, 7) is 0.776. The molecule has 2 heterocycles. The third-order valence-electron chi connectivity index (χ3n) is 4.75. The van der Waals surface area contributed by atoms with Gasteiger partial charge in [0, 0.05) is 6.54 Å². The highest BCUT2D eigenvalue weighted by molar-refractivity contribution is 5.97. The largest absolute Gasteiger partial charge is 0.342 e. The summed E-state index contributed by atoms with van der Waals surface area (Å²) < 4.78 is 0. The van der Waals surface area contributed by atoms with E-state index in [1.165, 1.54) is 32.1 Å². The average Bonchev–Trinajstić information content (AvgIpc) is 2.87. The second-order valence-electron chi connectivity index (χ2n) is 5.99. The zero-order valence-corrected chi connectivity index (χ0v) is 10.9. The van der Waals surface area contributed by atoms with Crippen LogP contribution in [-0.4, -0.2) is 35.3 Å². The Balaban J connectivity index is 1.65. The van der Waals surface area contributed by atoms with Crippen LogP contribution in [0, 0.1) is 5.92 Å². The predicted molar refractivity (Wildman–Crippen MR) is 67.9 cm³/mol. The third-order valence-corrected chi connectivity index (χ3v) is 4.75. The summed E-state index contributed by atoms with van der Waals surface area (Å²) in [5.41, 5.74) is 0. The maximum absolute atomic E-state index is 12.3. The topological polar surface area (TPSA) is 49.4 Å². The van der Waals surface area contributed by atoms with Crippen LogP contribution in [0.15, 0.2) is 0 Å². The molecule has 0 aromatic rings. The van der Waals surface area contributed by atoms with Crippen molar-refractivity contribution < 1.29 is 9.59 Å². The fraction of sp³-hybridized carbons (Fsp3) is 0.857. The van der Waals surface area contributed by atoms with Crippen LogP contribution in [0.1, 0.15) is 51.4 Å². The Morgan fingerprint density at radius 1 is 1.06 bits per heavy atom. The molecule has 0 bridgehead atoms. The summed E-state index contributed by atoms with van der Waals surface area (Å²) in [4.78, 5) is 26.1. The maximum atomic E-state index is 12.3. The van der Waals surface area contributed by atoms with Crippen LogP contribution in [0.5, 0.6) is 0 Å². The molecule has 3 fully saturated rings. The molecule has 2 atom stereocenters.